The van der Waals surface area contributed by atoms with E-state index in [9.17, 15) is 23.2 Å². The standard InChI is InChI=1S/C13H13F2NO5/c1-5(2)10(13(20)21)16-11(17)6-3-8(14)9(15)4-7(6)12(18)19/h3-5,10H,1-2H3,(H,16,17)(H,18,19)(H,20,21). The highest BCUT2D eigenvalue weighted by atomic mass is 19.2. The summed E-state index contributed by atoms with van der Waals surface area (Å²) >= 11 is 0. The van der Waals surface area contributed by atoms with E-state index in [1.165, 1.54) is 13.8 Å². The second-order valence-electron chi connectivity index (χ2n) is 4.65. The van der Waals surface area contributed by atoms with Crippen LogP contribution in [0, 0.1) is 17.6 Å². The first-order valence-electron chi connectivity index (χ1n) is 5.91. The molecule has 0 aliphatic heterocycles. The summed E-state index contributed by atoms with van der Waals surface area (Å²) in [5.74, 6) is -7.35. The van der Waals surface area contributed by atoms with Gasteiger partial charge >= 0.3 is 11.9 Å². The van der Waals surface area contributed by atoms with Crippen molar-refractivity contribution in [2.24, 2.45) is 5.92 Å². The van der Waals surface area contributed by atoms with Gasteiger partial charge in [0.15, 0.2) is 11.6 Å². The molecule has 114 valence electrons. The maximum absolute atomic E-state index is 13.2. The highest BCUT2D eigenvalue weighted by molar-refractivity contribution is 6.05. The van der Waals surface area contributed by atoms with E-state index in [4.69, 9.17) is 10.2 Å². The van der Waals surface area contributed by atoms with E-state index in [2.05, 4.69) is 5.32 Å². The van der Waals surface area contributed by atoms with Crippen molar-refractivity contribution in [3.63, 3.8) is 0 Å². The third kappa shape index (κ3) is 3.74. The van der Waals surface area contributed by atoms with Crippen molar-refractivity contribution < 1.29 is 33.4 Å². The first-order valence-corrected chi connectivity index (χ1v) is 5.91. The summed E-state index contributed by atoms with van der Waals surface area (Å²) < 4.78 is 26.2. The van der Waals surface area contributed by atoms with E-state index in [0.717, 1.165) is 0 Å². The molecule has 0 saturated carbocycles. The summed E-state index contributed by atoms with van der Waals surface area (Å²) in [6.07, 6.45) is 0. The molecule has 1 unspecified atom stereocenters. The Labute approximate surface area is 118 Å². The molecule has 21 heavy (non-hydrogen) atoms. The molecule has 0 spiro atoms. The molecular weight excluding hydrogens is 288 g/mol. The highest BCUT2D eigenvalue weighted by Crippen LogP contribution is 2.16. The van der Waals surface area contributed by atoms with Crippen LogP contribution in [0.5, 0.6) is 0 Å². The summed E-state index contributed by atoms with van der Waals surface area (Å²) in [6.45, 7) is 3.06. The van der Waals surface area contributed by atoms with Crippen LogP contribution in [-0.4, -0.2) is 34.1 Å². The molecule has 0 aromatic heterocycles. The van der Waals surface area contributed by atoms with Crippen molar-refractivity contribution in [2.45, 2.75) is 19.9 Å². The monoisotopic (exact) mass is 301 g/mol. The van der Waals surface area contributed by atoms with Crippen molar-refractivity contribution in [1.29, 1.82) is 0 Å². The number of aliphatic carboxylic acids is 1. The molecule has 1 atom stereocenters. The Kier molecular flexibility index (Phi) is 4.96. The molecule has 0 saturated heterocycles. The van der Waals surface area contributed by atoms with Crippen LogP contribution in [0.4, 0.5) is 8.78 Å². The minimum atomic E-state index is -1.63. The average molecular weight is 301 g/mol. The van der Waals surface area contributed by atoms with E-state index >= 15 is 0 Å². The molecule has 6 nitrogen and oxygen atoms in total. The van der Waals surface area contributed by atoms with Crippen LogP contribution in [0.3, 0.4) is 0 Å². The van der Waals surface area contributed by atoms with Crippen LogP contribution in [-0.2, 0) is 4.79 Å². The Morgan fingerprint density at radius 2 is 1.52 bits per heavy atom. The number of carbonyl (C=O) groups excluding carboxylic acids is 1. The number of carboxylic acid groups (broad SMARTS) is 2. The van der Waals surface area contributed by atoms with Gasteiger partial charge in [-0.1, -0.05) is 13.8 Å². The third-order valence-corrected chi connectivity index (χ3v) is 2.75. The van der Waals surface area contributed by atoms with Gasteiger partial charge in [0.2, 0.25) is 0 Å². The van der Waals surface area contributed by atoms with E-state index in [1.54, 1.807) is 0 Å². The second kappa shape index (κ2) is 6.29. The number of benzene rings is 1. The number of halogens is 2. The maximum Gasteiger partial charge on any atom is 0.336 e. The molecule has 1 aromatic rings. The number of rotatable bonds is 5. The summed E-state index contributed by atoms with van der Waals surface area (Å²) in [4.78, 5) is 33.9. The molecule has 3 N–H and O–H groups in total. The lowest BCUT2D eigenvalue weighted by Gasteiger charge is -2.18. The molecule has 0 aliphatic rings. The minimum absolute atomic E-state index is 0.373. The molecule has 0 fully saturated rings. The Bertz CT molecular complexity index is 600. The molecule has 0 heterocycles. The fourth-order valence-corrected chi connectivity index (χ4v) is 1.64. The maximum atomic E-state index is 13.2. The zero-order valence-corrected chi connectivity index (χ0v) is 11.2. The van der Waals surface area contributed by atoms with Gasteiger partial charge in [0.25, 0.3) is 5.91 Å². The largest absolute Gasteiger partial charge is 0.480 e. The summed E-state index contributed by atoms with van der Waals surface area (Å²) in [6, 6.07) is -0.488. The zero-order valence-electron chi connectivity index (χ0n) is 11.2. The van der Waals surface area contributed by atoms with Gasteiger partial charge in [0, 0.05) is 0 Å². The molecule has 1 amide bonds. The molecule has 1 rings (SSSR count). The number of carboxylic acids is 2. The van der Waals surface area contributed by atoms with Crippen LogP contribution in [0.15, 0.2) is 12.1 Å². The first-order chi connectivity index (χ1) is 9.65. The third-order valence-electron chi connectivity index (χ3n) is 2.75. The Morgan fingerprint density at radius 3 is 1.90 bits per heavy atom. The SMILES string of the molecule is CC(C)C(NC(=O)c1cc(F)c(F)cc1C(=O)O)C(=O)O. The van der Waals surface area contributed by atoms with Crippen LogP contribution in [0.1, 0.15) is 34.6 Å². The summed E-state index contributed by atoms with van der Waals surface area (Å²) in [5.41, 5.74) is -1.40. The summed E-state index contributed by atoms with van der Waals surface area (Å²) in [5, 5.41) is 19.9. The van der Waals surface area contributed by atoms with Crippen molar-refractivity contribution in [3.8, 4) is 0 Å². The van der Waals surface area contributed by atoms with Gasteiger partial charge < -0.3 is 15.5 Å². The molecule has 0 aliphatic carbocycles. The fourth-order valence-electron chi connectivity index (χ4n) is 1.64. The Balaban J connectivity index is 3.21. The number of nitrogens with one attached hydrogen (secondary N) is 1. The number of hydrogen-bond donors (Lipinski definition) is 3. The molecular formula is C13H13F2NO5. The average Bonchev–Trinajstić information content (AvgIpc) is 2.37. The molecule has 0 bridgehead atoms. The van der Waals surface area contributed by atoms with Crippen molar-refractivity contribution in [3.05, 3.63) is 34.9 Å². The van der Waals surface area contributed by atoms with Gasteiger partial charge in [0.1, 0.15) is 6.04 Å². The number of amides is 1. The van der Waals surface area contributed by atoms with Crippen LogP contribution in [0.2, 0.25) is 0 Å². The predicted octanol–water partition coefficient (Wildman–Crippen LogP) is 1.50. The van der Waals surface area contributed by atoms with Gasteiger partial charge in [-0.2, -0.15) is 0 Å². The lowest BCUT2D eigenvalue weighted by atomic mass is 10.0. The van der Waals surface area contributed by atoms with Crippen LogP contribution >= 0.6 is 0 Å². The first kappa shape index (κ1) is 16.5. The predicted molar refractivity (Wildman–Crippen MR) is 67.0 cm³/mol. The topological polar surface area (TPSA) is 104 Å². The Hall–Kier alpha value is -2.51. The normalized spacial score (nSPS) is 12.0. The number of hydrogen-bond acceptors (Lipinski definition) is 3. The summed E-state index contributed by atoms with van der Waals surface area (Å²) in [7, 11) is 0. The zero-order chi connectivity index (χ0) is 16.3. The highest BCUT2D eigenvalue weighted by Gasteiger charge is 2.27. The van der Waals surface area contributed by atoms with Gasteiger partial charge in [-0.15, -0.1) is 0 Å². The van der Waals surface area contributed by atoms with Crippen LogP contribution < -0.4 is 5.32 Å². The molecule has 8 heteroatoms. The fraction of sp³-hybridized carbons (Fsp3) is 0.308. The van der Waals surface area contributed by atoms with Gasteiger partial charge in [-0.05, 0) is 18.1 Å². The van der Waals surface area contributed by atoms with E-state index in [-0.39, 0.29) is 0 Å². The lowest BCUT2D eigenvalue weighted by molar-refractivity contribution is -0.140. The number of aromatic carboxylic acids is 1. The smallest absolute Gasteiger partial charge is 0.336 e. The van der Waals surface area contributed by atoms with E-state index in [0.29, 0.717) is 12.1 Å². The quantitative estimate of drug-likeness (QED) is 0.764. The van der Waals surface area contributed by atoms with E-state index in [1.807, 2.05) is 0 Å². The van der Waals surface area contributed by atoms with Gasteiger partial charge in [0.05, 0.1) is 11.1 Å². The van der Waals surface area contributed by atoms with Crippen LogP contribution in [0.25, 0.3) is 0 Å². The van der Waals surface area contributed by atoms with Crippen molar-refractivity contribution >= 4 is 17.8 Å². The van der Waals surface area contributed by atoms with Gasteiger partial charge in [-0.25, -0.2) is 18.4 Å². The second-order valence-corrected chi connectivity index (χ2v) is 4.65. The van der Waals surface area contributed by atoms with E-state index < -0.39 is 52.6 Å². The lowest BCUT2D eigenvalue weighted by Crippen LogP contribution is -2.44. The minimum Gasteiger partial charge on any atom is -0.480 e. The Morgan fingerprint density at radius 1 is 1.05 bits per heavy atom. The van der Waals surface area contributed by atoms with Crippen molar-refractivity contribution in [1.82, 2.24) is 5.32 Å². The van der Waals surface area contributed by atoms with Gasteiger partial charge in [-0.3, -0.25) is 4.79 Å². The number of carbonyl (C=O) groups is 3. The molecule has 0 radical (unpaired) electrons. The van der Waals surface area contributed by atoms with Crippen molar-refractivity contribution in [2.75, 3.05) is 0 Å². The molecule has 1 aromatic carbocycles.